The van der Waals surface area contributed by atoms with Gasteiger partial charge in [0.1, 0.15) is 11.6 Å². The minimum absolute atomic E-state index is 0.190. The zero-order valence-electron chi connectivity index (χ0n) is 22.8. The van der Waals surface area contributed by atoms with Crippen LogP contribution in [-0.2, 0) is 4.74 Å². The van der Waals surface area contributed by atoms with E-state index < -0.39 is 0 Å². The summed E-state index contributed by atoms with van der Waals surface area (Å²) in [5, 5.41) is 11.0. The monoisotopic (exact) mass is 545 g/mol. The molecule has 1 saturated heterocycles. The van der Waals surface area contributed by atoms with Crippen molar-refractivity contribution in [3.8, 4) is 17.3 Å². The number of aryl methyl sites for hydroxylation is 1. The number of aromatic nitrogens is 5. The van der Waals surface area contributed by atoms with Crippen LogP contribution in [-0.4, -0.2) is 76.2 Å². The number of hydrogen-bond donors (Lipinski definition) is 3. The summed E-state index contributed by atoms with van der Waals surface area (Å²) in [6.45, 7) is 7.16. The molecule has 0 radical (unpaired) electrons. The smallest absolute Gasteiger partial charge is 0.248 e. The second-order valence-electron chi connectivity index (χ2n) is 9.36. The van der Waals surface area contributed by atoms with Crippen LogP contribution in [0.15, 0.2) is 54.6 Å². The van der Waals surface area contributed by atoms with E-state index in [4.69, 9.17) is 19.9 Å². The number of nitrogens with one attached hydrogen (secondary N) is 2. The molecule has 12 nitrogen and oxygen atoms in total. The van der Waals surface area contributed by atoms with Crippen LogP contribution in [0.5, 0.6) is 11.5 Å². The van der Waals surface area contributed by atoms with Crippen LogP contribution in [0.25, 0.3) is 5.82 Å². The third-order valence-corrected chi connectivity index (χ3v) is 6.37. The average Bonchev–Trinajstić information content (AvgIpc) is 3.33. The van der Waals surface area contributed by atoms with E-state index in [0.717, 1.165) is 57.1 Å². The first-order valence-electron chi connectivity index (χ1n) is 13.4. The van der Waals surface area contributed by atoms with Crippen LogP contribution in [0.1, 0.15) is 18.7 Å². The lowest BCUT2D eigenvalue weighted by Gasteiger charge is -2.26. The van der Waals surface area contributed by atoms with Crippen molar-refractivity contribution in [2.75, 3.05) is 62.9 Å². The molecule has 4 aromatic rings. The van der Waals surface area contributed by atoms with Crippen LogP contribution < -0.4 is 25.8 Å². The lowest BCUT2D eigenvalue weighted by molar-refractivity contribution is 0.0368. The van der Waals surface area contributed by atoms with E-state index in [0.29, 0.717) is 41.5 Å². The fourth-order valence-electron chi connectivity index (χ4n) is 4.38. The summed E-state index contributed by atoms with van der Waals surface area (Å²) in [5.74, 6) is 3.52. The minimum Gasteiger partial charge on any atom is -0.493 e. The van der Waals surface area contributed by atoms with Crippen molar-refractivity contribution >= 4 is 29.1 Å². The van der Waals surface area contributed by atoms with E-state index in [1.54, 1.807) is 13.2 Å². The normalized spacial score (nSPS) is 13.7. The molecule has 1 aliphatic heterocycles. The molecule has 1 fully saturated rings. The maximum atomic E-state index is 6.20. The van der Waals surface area contributed by atoms with Gasteiger partial charge in [-0.3, -0.25) is 4.90 Å². The lowest BCUT2D eigenvalue weighted by Crippen LogP contribution is -2.36. The Morgan fingerprint density at radius 3 is 2.55 bits per heavy atom. The molecule has 2 aromatic carbocycles. The number of rotatable bonds is 12. The fraction of sp³-hybridized carbons (Fsp3) is 0.357. The van der Waals surface area contributed by atoms with Crippen molar-refractivity contribution in [1.29, 1.82) is 0 Å². The summed E-state index contributed by atoms with van der Waals surface area (Å²) in [6, 6.07) is 17.1. The predicted octanol–water partition coefficient (Wildman–Crippen LogP) is 3.93. The highest BCUT2D eigenvalue weighted by Gasteiger charge is 2.14. The molecule has 5 rings (SSSR count). The van der Waals surface area contributed by atoms with Gasteiger partial charge in [-0.15, -0.1) is 5.10 Å². The van der Waals surface area contributed by atoms with E-state index in [9.17, 15) is 0 Å². The Balaban J connectivity index is 1.20. The first-order chi connectivity index (χ1) is 19.6. The SMILES string of the molecule is COc1cc(Nc2nc(N)n(-c3cc(Nc4ccccc4)nc(C)n3)n2)ccc1OCCCCN1CCOCC1. The van der Waals surface area contributed by atoms with Gasteiger partial charge in [-0.05, 0) is 50.6 Å². The average molecular weight is 546 g/mol. The summed E-state index contributed by atoms with van der Waals surface area (Å²) >= 11 is 0. The van der Waals surface area contributed by atoms with Crippen molar-refractivity contribution in [2.24, 2.45) is 0 Å². The quantitative estimate of drug-likeness (QED) is 0.223. The molecule has 0 spiro atoms. The highest BCUT2D eigenvalue weighted by molar-refractivity contribution is 5.61. The number of nitrogens with zero attached hydrogens (tertiary/aromatic N) is 6. The number of methoxy groups -OCH3 is 1. The summed E-state index contributed by atoms with van der Waals surface area (Å²) in [4.78, 5) is 15.8. The zero-order chi connectivity index (χ0) is 27.7. The Kier molecular flexibility index (Phi) is 8.89. The van der Waals surface area contributed by atoms with Crippen LogP contribution in [0.2, 0.25) is 0 Å². The molecular formula is C28H35N9O3. The van der Waals surface area contributed by atoms with Gasteiger partial charge in [-0.25, -0.2) is 9.97 Å². The highest BCUT2D eigenvalue weighted by atomic mass is 16.5. The summed E-state index contributed by atoms with van der Waals surface area (Å²) in [7, 11) is 1.62. The number of nitrogen functional groups attached to an aromatic ring is 1. The van der Waals surface area contributed by atoms with E-state index >= 15 is 0 Å². The van der Waals surface area contributed by atoms with Crippen LogP contribution in [0, 0.1) is 6.92 Å². The van der Waals surface area contributed by atoms with Crippen molar-refractivity contribution in [2.45, 2.75) is 19.8 Å². The third kappa shape index (κ3) is 7.16. The van der Waals surface area contributed by atoms with Crippen molar-refractivity contribution in [3.63, 3.8) is 0 Å². The number of morpholine rings is 1. The number of benzene rings is 2. The van der Waals surface area contributed by atoms with Gasteiger partial charge in [0.25, 0.3) is 0 Å². The van der Waals surface area contributed by atoms with Crippen LogP contribution >= 0.6 is 0 Å². The lowest BCUT2D eigenvalue weighted by atomic mass is 10.2. The first-order valence-corrected chi connectivity index (χ1v) is 13.4. The molecule has 210 valence electrons. The summed E-state index contributed by atoms with van der Waals surface area (Å²) < 4.78 is 18.4. The van der Waals surface area contributed by atoms with Crippen molar-refractivity contribution in [1.82, 2.24) is 29.6 Å². The number of ether oxygens (including phenoxy) is 3. The molecule has 2 aromatic heterocycles. The Morgan fingerprint density at radius 2 is 1.75 bits per heavy atom. The number of hydrogen-bond acceptors (Lipinski definition) is 11. The van der Waals surface area contributed by atoms with E-state index in [2.05, 4.69) is 35.6 Å². The second kappa shape index (κ2) is 13.1. The molecule has 3 heterocycles. The predicted molar refractivity (Wildman–Crippen MR) is 154 cm³/mol. The molecule has 0 saturated carbocycles. The van der Waals surface area contributed by atoms with Gasteiger partial charge in [0.2, 0.25) is 11.9 Å². The molecule has 40 heavy (non-hydrogen) atoms. The number of nitrogens with two attached hydrogens (primary N) is 1. The van der Waals surface area contributed by atoms with Crippen molar-refractivity contribution in [3.05, 3.63) is 60.4 Å². The third-order valence-electron chi connectivity index (χ3n) is 6.37. The van der Waals surface area contributed by atoms with Crippen molar-refractivity contribution < 1.29 is 14.2 Å². The molecule has 0 aliphatic carbocycles. The highest BCUT2D eigenvalue weighted by Crippen LogP contribution is 2.31. The number of unbranched alkanes of at least 4 members (excludes halogenated alkanes) is 1. The maximum Gasteiger partial charge on any atom is 0.248 e. The number of para-hydroxylation sites is 1. The van der Waals surface area contributed by atoms with Gasteiger partial charge < -0.3 is 30.6 Å². The largest absolute Gasteiger partial charge is 0.493 e. The Hall–Kier alpha value is -4.42. The zero-order valence-corrected chi connectivity index (χ0v) is 22.8. The molecule has 0 bridgehead atoms. The van der Waals surface area contributed by atoms with E-state index in [1.807, 2.05) is 55.5 Å². The molecule has 0 atom stereocenters. The number of anilines is 5. The maximum absolute atomic E-state index is 6.20. The Morgan fingerprint density at radius 1 is 0.925 bits per heavy atom. The molecule has 1 aliphatic rings. The standard InChI is InChI=1S/C28H35N9O3/c1-20-30-25(32-21-8-4-3-5-9-21)19-26(31-20)37-27(29)34-28(35-37)33-22-10-11-23(24(18-22)38-2)40-15-7-6-12-36-13-16-39-17-14-36/h3-5,8-11,18-19H,6-7,12-17H2,1-2H3,(H,30,31,32)(H3,29,33,34,35). The Labute approximate surface area is 233 Å². The van der Waals surface area contributed by atoms with Gasteiger partial charge in [0.05, 0.1) is 26.9 Å². The van der Waals surface area contributed by atoms with E-state index in [-0.39, 0.29) is 5.95 Å². The van der Waals surface area contributed by atoms with Gasteiger partial charge in [-0.1, -0.05) is 18.2 Å². The minimum atomic E-state index is 0.190. The van der Waals surface area contributed by atoms with Gasteiger partial charge in [0.15, 0.2) is 17.3 Å². The second-order valence-corrected chi connectivity index (χ2v) is 9.36. The topological polar surface area (TPSA) is 138 Å². The summed E-state index contributed by atoms with van der Waals surface area (Å²) in [5.41, 5.74) is 7.85. The Bertz CT molecular complexity index is 1390. The van der Waals surface area contributed by atoms with Crippen LogP contribution in [0.4, 0.5) is 29.1 Å². The van der Waals surface area contributed by atoms with Gasteiger partial charge in [0, 0.05) is 36.6 Å². The molecule has 0 amide bonds. The van der Waals surface area contributed by atoms with E-state index in [1.165, 1.54) is 4.68 Å². The van der Waals surface area contributed by atoms with Gasteiger partial charge >= 0.3 is 0 Å². The fourth-order valence-corrected chi connectivity index (χ4v) is 4.38. The molecular weight excluding hydrogens is 510 g/mol. The first kappa shape index (κ1) is 27.2. The van der Waals surface area contributed by atoms with Crippen LogP contribution in [0.3, 0.4) is 0 Å². The molecule has 0 unspecified atom stereocenters. The molecule has 12 heteroatoms. The molecule has 4 N–H and O–H groups in total. The summed E-state index contributed by atoms with van der Waals surface area (Å²) in [6.07, 6.45) is 2.04. The van der Waals surface area contributed by atoms with Gasteiger partial charge in [-0.2, -0.15) is 9.67 Å².